The normalized spacial score (nSPS) is 10.2. The summed E-state index contributed by atoms with van der Waals surface area (Å²) in [6.07, 6.45) is 4.39. The second-order valence-electron chi connectivity index (χ2n) is 3.07. The molecule has 0 radical (unpaired) electrons. The van der Waals surface area contributed by atoms with Crippen LogP contribution in [0.5, 0.6) is 0 Å². The molecule has 0 aliphatic heterocycles. The summed E-state index contributed by atoms with van der Waals surface area (Å²) in [6, 6.07) is 0. The first-order chi connectivity index (χ1) is 5.77. The van der Waals surface area contributed by atoms with Crippen molar-refractivity contribution in [2.75, 3.05) is 19.1 Å². The van der Waals surface area contributed by atoms with Gasteiger partial charge in [0, 0.05) is 12.5 Å². The van der Waals surface area contributed by atoms with Gasteiger partial charge in [-0.1, -0.05) is 5.57 Å². The molecule has 0 rings (SSSR count). The quantitative estimate of drug-likeness (QED) is 0.324. The zero-order valence-corrected chi connectivity index (χ0v) is 8.70. The lowest BCUT2D eigenvalue weighted by Crippen LogP contribution is -1.97. The Morgan fingerprint density at radius 1 is 1.25 bits per heavy atom. The van der Waals surface area contributed by atoms with E-state index in [1.165, 1.54) is 12.0 Å². The highest BCUT2D eigenvalue weighted by Gasteiger charge is 1.90. The minimum atomic E-state index is 0.770. The Hall–Kier alpha value is -0.0100. The van der Waals surface area contributed by atoms with Crippen molar-refractivity contribution in [1.82, 2.24) is 0 Å². The van der Waals surface area contributed by atoms with Crippen LogP contribution in [-0.2, 0) is 4.74 Å². The number of rotatable bonds is 8. The van der Waals surface area contributed by atoms with Gasteiger partial charge in [0.25, 0.3) is 0 Å². The molecular formula is C10H19ClO. The fraction of sp³-hybridized carbons (Fsp3) is 0.800. The summed E-state index contributed by atoms with van der Waals surface area (Å²) in [5.74, 6) is 0.770. The van der Waals surface area contributed by atoms with Crippen LogP contribution in [0.3, 0.4) is 0 Å². The third-order valence-corrected chi connectivity index (χ3v) is 1.86. The van der Waals surface area contributed by atoms with Crippen molar-refractivity contribution >= 4 is 11.6 Å². The maximum Gasteiger partial charge on any atom is 0.0502 e. The van der Waals surface area contributed by atoms with Crippen LogP contribution in [-0.4, -0.2) is 19.1 Å². The fourth-order valence-corrected chi connectivity index (χ4v) is 1.01. The van der Waals surface area contributed by atoms with Crippen LogP contribution < -0.4 is 0 Å². The van der Waals surface area contributed by atoms with E-state index in [2.05, 4.69) is 6.58 Å². The summed E-state index contributed by atoms with van der Waals surface area (Å²) < 4.78 is 5.39. The van der Waals surface area contributed by atoms with Crippen LogP contribution in [0.2, 0.25) is 0 Å². The fourth-order valence-electron chi connectivity index (χ4n) is 0.824. The lowest BCUT2D eigenvalue weighted by Gasteiger charge is -2.02. The topological polar surface area (TPSA) is 9.23 Å². The highest BCUT2D eigenvalue weighted by atomic mass is 35.5. The molecule has 2 heteroatoms. The average Bonchev–Trinajstić information content (AvgIpc) is 2.02. The lowest BCUT2D eigenvalue weighted by atomic mass is 10.2. The lowest BCUT2D eigenvalue weighted by molar-refractivity contribution is 0.133. The predicted molar refractivity (Wildman–Crippen MR) is 54.8 cm³/mol. The largest absolute Gasteiger partial charge is 0.381 e. The van der Waals surface area contributed by atoms with E-state index < -0.39 is 0 Å². The maximum atomic E-state index is 5.53. The third kappa shape index (κ3) is 9.99. The van der Waals surface area contributed by atoms with Crippen LogP contribution in [0.1, 0.15) is 32.6 Å². The van der Waals surface area contributed by atoms with E-state index in [1.807, 2.05) is 6.92 Å². The van der Waals surface area contributed by atoms with Crippen molar-refractivity contribution in [1.29, 1.82) is 0 Å². The summed E-state index contributed by atoms with van der Waals surface area (Å²) in [7, 11) is 0. The van der Waals surface area contributed by atoms with Gasteiger partial charge < -0.3 is 4.74 Å². The maximum absolute atomic E-state index is 5.53. The summed E-state index contributed by atoms with van der Waals surface area (Å²) in [4.78, 5) is 0. The van der Waals surface area contributed by atoms with Gasteiger partial charge in [-0.3, -0.25) is 0 Å². The molecule has 0 amide bonds. The number of hydrogen-bond donors (Lipinski definition) is 0. The highest BCUT2D eigenvalue weighted by molar-refractivity contribution is 6.17. The molecule has 0 aromatic carbocycles. The zero-order chi connectivity index (χ0) is 9.23. The smallest absolute Gasteiger partial charge is 0.0502 e. The molecule has 0 unspecified atom stereocenters. The second-order valence-corrected chi connectivity index (χ2v) is 3.45. The van der Waals surface area contributed by atoms with Crippen molar-refractivity contribution in [2.45, 2.75) is 32.6 Å². The van der Waals surface area contributed by atoms with Crippen LogP contribution >= 0.6 is 11.6 Å². The number of alkyl halides is 1. The first-order valence-electron chi connectivity index (χ1n) is 4.55. The van der Waals surface area contributed by atoms with E-state index in [4.69, 9.17) is 16.3 Å². The van der Waals surface area contributed by atoms with Crippen molar-refractivity contribution in [3.05, 3.63) is 12.2 Å². The van der Waals surface area contributed by atoms with Crippen LogP contribution in [0, 0.1) is 0 Å². The Morgan fingerprint density at radius 2 is 2.00 bits per heavy atom. The molecule has 0 bridgehead atoms. The molecule has 0 spiro atoms. The zero-order valence-electron chi connectivity index (χ0n) is 7.94. The standard InChI is InChI=1S/C10H19ClO/c1-10(2)6-9-12-8-5-3-4-7-11/h1,3-9H2,2H3. The van der Waals surface area contributed by atoms with Crippen LogP contribution in [0.15, 0.2) is 12.2 Å². The summed E-state index contributed by atoms with van der Waals surface area (Å²) in [6.45, 7) is 7.51. The monoisotopic (exact) mass is 190 g/mol. The Balaban J connectivity index is 2.86. The van der Waals surface area contributed by atoms with Gasteiger partial charge >= 0.3 is 0 Å². The SMILES string of the molecule is C=C(C)CCOCCCCCCl. The molecule has 12 heavy (non-hydrogen) atoms. The van der Waals surface area contributed by atoms with E-state index in [0.717, 1.165) is 38.4 Å². The predicted octanol–water partition coefficient (Wildman–Crippen LogP) is 3.38. The number of hydrogen-bond acceptors (Lipinski definition) is 1. The van der Waals surface area contributed by atoms with E-state index in [1.54, 1.807) is 0 Å². The molecule has 0 saturated heterocycles. The molecule has 0 fully saturated rings. The van der Waals surface area contributed by atoms with Gasteiger partial charge in [0.15, 0.2) is 0 Å². The number of ether oxygens (including phenoxy) is 1. The molecule has 1 nitrogen and oxygen atoms in total. The minimum absolute atomic E-state index is 0.770. The van der Waals surface area contributed by atoms with E-state index in [-0.39, 0.29) is 0 Å². The molecule has 72 valence electrons. The Labute approximate surface area is 80.8 Å². The van der Waals surface area contributed by atoms with Gasteiger partial charge in [0.2, 0.25) is 0 Å². The number of halogens is 1. The summed E-state index contributed by atoms with van der Waals surface area (Å²) in [5, 5.41) is 0. The van der Waals surface area contributed by atoms with Gasteiger partial charge in [-0.05, 0) is 32.6 Å². The Kier molecular flexibility index (Phi) is 9.07. The van der Waals surface area contributed by atoms with Gasteiger partial charge in [-0.15, -0.1) is 18.2 Å². The van der Waals surface area contributed by atoms with E-state index in [0.29, 0.717) is 0 Å². The van der Waals surface area contributed by atoms with Gasteiger partial charge in [-0.2, -0.15) is 0 Å². The molecular weight excluding hydrogens is 172 g/mol. The molecule has 0 saturated carbocycles. The van der Waals surface area contributed by atoms with Gasteiger partial charge in [0.05, 0.1) is 6.61 Å². The van der Waals surface area contributed by atoms with Crippen LogP contribution in [0.4, 0.5) is 0 Å². The van der Waals surface area contributed by atoms with Crippen LogP contribution in [0.25, 0.3) is 0 Å². The summed E-state index contributed by atoms with van der Waals surface area (Å²) >= 11 is 5.53. The molecule has 0 aliphatic carbocycles. The van der Waals surface area contributed by atoms with E-state index >= 15 is 0 Å². The third-order valence-electron chi connectivity index (χ3n) is 1.60. The van der Waals surface area contributed by atoms with Gasteiger partial charge in [0.1, 0.15) is 0 Å². The second kappa shape index (κ2) is 9.08. The van der Waals surface area contributed by atoms with E-state index in [9.17, 15) is 0 Å². The molecule has 0 aliphatic rings. The van der Waals surface area contributed by atoms with Crippen molar-refractivity contribution in [2.24, 2.45) is 0 Å². The first kappa shape index (κ1) is 12.0. The molecule has 0 heterocycles. The van der Waals surface area contributed by atoms with Crippen molar-refractivity contribution < 1.29 is 4.74 Å². The first-order valence-corrected chi connectivity index (χ1v) is 5.09. The molecule has 0 N–H and O–H groups in total. The molecule has 0 atom stereocenters. The molecule has 0 aromatic heterocycles. The summed E-state index contributed by atoms with van der Waals surface area (Å²) in [5.41, 5.74) is 1.19. The number of unbranched alkanes of at least 4 members (excludes halogenated alkanes) is 2. The highest BCUT2D eigenvalue weighted by Crippen LogP contribution is 1.99. The van der Waals surface area contributed by atoms with Gasteiger partial charge in [-0.25, -0.2) is 0 Å². The Bertz CT molecular complexity index is 112. The molecule has 0 aromatic rings. The minimum Gasteiger partial charge on any atom is -0.381 e. The van der Waals surface area contributed by atoms with Crippen molar-refractivity contribution in [3.8, 4) is 0 Å². The average molecular weight is 191 g/mol. The Morgan fingerprint density at radius 3 is 2.58 bits per heavy atom. The van der Waals surface area contributed by atoms with Crippen molar-refractivity contribution in [3.63, 3.8) is 0 Å².